The number of anilines is 2. The second kappa shape index (κ2) is 6.13. The molecule has 0 aliphatic carbocycles. The molecule has 2 aromatic rings. The van der Waals surface area contributed by atoms with Crippen molar-refractivity contribution in [1.82, 2.24) is 4.98 Å². The summed E-state index contributed by atoms with van der Waals surface area (Å²) < 4.78 is 27.1. The van der Waals surface area contributed by atoms with Gasteiger partial charge in [0.2, 0.25) is 0 Å². The molecule has 0 amide bonds. The summed E-state index contributed by atoms with van der Waals surface area (Å²) in [5.74, 6) is 0.350. The van der Waals surface area contributed by atoms with E-state index in [9.17, 15) is 8.42 Å². The molecular weight excluding hydrogens is 286 g/mol. The fourth-order valence-corrected chi connectivity index (χ4v) is 3.73. The fraction of sp³-hybridized carbons (Fsp3) is 0.267. The quantitative estimate of drug-likeness (QED) is 0.922. The van der Waals surface area contributed by atoms with E-state index in [1.54, 1.807) is 25.4 Å². The minimum Gasteiger partial charge on any atom is -0.372 e. The van der Waals surface area contributed by atoms with Crippen LogP contribution in [-0.2, 0) is 10.0 Å². The highest BCUT2D eigenvalue weighted by Gasteiger charge is 2.26. The number of aryl methyl sites for hydroxylation is 1. The Labute approximate surface area is 125 Å². The third-order valence-electron chi connectivity index (χ3n) is 3.18. The lowest BCUT2D eigenvalue weighted by Crippen LogP contribution is -2.31. The molecule has 0 fully saturated rings. The number of rotatable bonds is 5. The Morgan fingerprint density at radius 3 is 2.43 bits per heavy atom. The molecule has 1 heterocycles. The van der Waals surface area contributed by atoms with Crippen molar-refractivity contribution in [2.75, 3.05) is 23.2 Å². The molecule has 1 N–H and O–H groups in total. The molecule has 0 aliphatic rings. The van der Waals surface area contributed by atoms with Crippen LogP contribution in [0.4, 0.5) is 11.5 Å². The SMILES string of the molecule is CCN(c1ccc(C)cc1)S(=O)(=O)c1cccnc1NC. The first-order valence-corrected chi connectivity index (χ1v) is 8.17. The van der Waals surface area contributed by atoms with Gasteiger partial charge in [0, 0.05) is 19.8 Å². The normalized spacial score (nSPS) is 11.2. The number of sulfonamides is 1. The van der Waals surface area contributed by atoms with Crippen LogP contribution < -0.4 is 9.62 Å². The van der Waals surface area contributed by atoms with E-state index in [1.165, 1.54) is 4.31 Å². The standard InChI is InChI=1S/C15H19N3O2S/c1-4-18(13-9-7-12(2)8-10-13)21(19,20)14-6-5-11-17-15(14)16-3/h5-11H,4H2,1-3H3,(H,16,17). The van der Waals surface area contributed by atoms with Gasteiger partial charge in [-0.2, -0.15) is 0 Å². The van der Waals surface area contributed by atoms with Crippen LogP contribution in [0.15, 0.2) is 47.5 Å². The van der Waals surface area contributed by atoms with E-state index in [4.69, 9.17) is 0 Å². The molecule has 0 spiro atoms. The van der Waals surface area contributed by atoms with E-state index < -0.39 is 10.0 Å². The molecule has 0 bridgehead atoms. The van der Waals surface area contributed by atoms with Gasteiger partial charge in [0.05, 0.1) is 5.69 Å². The van der Waals surface area contributed by atoms with Crippen molar-refractivity contribution in [3.8, 4) is 0 Å². The topological polar surface area (TPSA) is 62.3 Å². The van der Waals surface area contributed by atoms with Crippen LogP contribution in [0.1, 0.15) is 12.5 Å². The van der Waals surface area contributed by atoms with E-state index in [-0.39, 0.29) is 4.90 Å². The minimum absolute atomic E-state index is 0.176. The lowest BCUT2D eigenvalue weighted by Gasteiger charge is -2.23. The Hall–Kier alpha value is -2.08. The van der Waals surface area contributed by atoms with Gasteiger partial charge in [-0.25, -0.2) is 13.4 Å². The molecule has 6 heteroatoms. The average molecular weight is 305 g/mol. The molecule has 5 nitrogen and oxygen atoms in total. The van der Waals surface area contributed by atoms with E-state index >= 15 is 0 Å². The van der Waals surface area contributed by atoms with E-state index in [0.29, 0.717) is 18.1 Å². The van der Waals surface area contributed by atoms with Crippen LogP contribution in [0, 0.1) is 6.92 Å². The van der Waals surface area contributed by atoms with Gasteiger partial charge in [0.1, 0.15) is 10.7 Å². The summed E-state index contributed by atoms with van der Waals surface area (Å²) in [5.41, 5.74) is 1.73. The van der Waals surface area contributed by atoms with E-state index in [2.05, 4.69) is 10.3 Å². The number of nitrogens with one attached hydrogen (secondary N) is 1. The maximum atomic E-state index is 12.9. The van der Waals surface area contributed by atoms with Crippen molar-refractivity contribution in [2.24, 2.45) is 0 Å². The van der Waals surface area contributed by atoms with Crippen molar-refractivity contribution in [1.29, 1.82) is 0 Å². The van der Waals surface area contributed by atoms with E-state index in [0.717, 1.165) is 5.56 Å². The molecule has 21 heavy (non-hydrogen) atoms. The summed E-state index contributed by atoms with van der Waals surface area (Å²) in [6.07, 6.45) is 1.56. The largest absolute Gasteiger partial charge is 0.372 e. The second-order valence-corrected chi connectivity index (χ2v) is 6.44. The first-order chi connectivity index (χ1) is 10.0. The highest BCUT2D eigenvalue weighted by Crippen LogP contribution is 2.27. The van der Waals surface area contributed by atoms with Gasteiger partial charge in [0.15, 0.2) is 0 Å². The van der Waals surface area contributed by atoms with E-state index in [1.807, 2.05) is 38.1 Å². The Morgan fingerprint density at radius 2 is 1.86 bits per heavy atom. The zero-order valence-electron chi connectivity index (χ0n) is 12.4. The number of hydrogen-bond donors (Lipinski definition) is 1. The Morgan fingerprint density at radius 1 is 1.19 bits per heavy atom. The molecule has 1 aromatic heterocycles. The van der Waals surface area contributed by atoms with Crippen molar-refractivity contribution >= 4 is 21.5 Å². The van der Waals surface area contributed by atoms with Crippen molar-refractivity contribution in [3.05, 3.63) is 48.2 Å². The first-order valence-electron chi connectivity index (χ1n) is 6.73. The Bertz CT molecular complexity index is 712. The molecule has 2 rings (SSSR count). The van der Waals surface area contributed by atoms with Crippen molar-refractivity contribution < 1.29 is 8.42 Å². The van der Waals surface area contributed by atoms with Gasteiger partial charge in [-0.05, 0) is 38.1 Å². The number of pyridine rings is 1. The summed E-state index contributed by atoms with van der Waals surface area (Å²) in [4.78, 5) is 4.25. The lowest BCUT2D eigenvalue weighted by molar-refractivity contribution is 0.592. The lowest BCUT2D eigenvalue weighted by atomic mass is 10.2. The zero-order valence-corrected chi connectivity index (χ0v) is 13.2. The van der Waals surface area contributed by atoms with Gasteiger partial charge in [0.25, 0.3) is 10.0 Å². The average Bonchev–Trinajstić information content (AvgIpc) is 2.49. The van der Waals surface area contributed by atoms with Crippen LogP contribution in [0.5, 0.6) is 0 Å². The molecule has 1 aromatic carbocycles. The number of hydrogen-bond acceptors (Lipinski definition) is 4. The molecule has 0 saturated carbocycles. The van der Waals surface area contributed by atoms with Gasteiger partial charge in [-0.3, -0.25) is 4.31 Å². The van der Waals surface area contributed by atoms with Crippen LogP contribution in [-0.4, -0.2) is 27.0 Å². The van der Waals surface area contributed by atoms with Gasteiger partial charge < -0.3 is 5.32 Å². The maximum Gasteiger partial charge on any atom is 0.267 e. The highest BCUT2D eigenvalue weighted by molar-refractivity contribution is 7.93. The van der Waals surface area contributed by atoms with Crippen molar-refractivity contribution in [3.63, 3.8) is 0 Å². The summed E-state index contributed by atoms with van der Waals surface area (Å²) in [6.45, 7) is 4.13. The first kappa shape index (κ1) is 15.3. The molecule has 0 saturated heterocycles. The molecule has 112 valence electrons. The van der Waals surface area contributed by atoms with Gasteiger partial charge in [-0.1, -0.05) is 17.7 Å². The smallest absolute Gasteiger partial charge is 0.267 e. The number of nitrogens with zero attached hydrogens (tertiary/aromatic N) is 2. The third-order valence-corrected chi connectivity index (χ3v) is 5.12. The van der Waals surface area contributed by atoms with Crippen molar-refractivity contribution in [2.45, 2.75) is 18.7 Å². The minimum atomic E-state index is -3.65. The van der Waals surface area contributed by atoms with Gasteiger partial charge >= 0.3 is 0 Å². The van der Waals surface area contributed by atoms with Crippen LogP contribution in [0.25, 0.3) is 0 Å². The molecule has 0 radical (unpaired) electrons. The Balaban J connectivity index is 2.52. The number of benzene rings is 1. The van der Waals surface area contributed by atoms with Crippen LogP contribution in [0.2, 0.25) is 0 Å². The summed E-state index contributed by atoms with van der Waals surface area (Å²) >= 11 is 0. The third kappa shape index (κ3) is 3.00. The van der Waals surface area contributed by atoms with Crippen LogP contribution in [0.3, 0.4) is 0 Å². The highest BCUT2D eigenvalue weighted by atomic mass is 32.2. The molecule has 0 unspecified atom stereocenters. The second-order valence-electron chi connectivity index (χ2n) is 4.61. The van der Waals surface area contributed by atoms with Crippen LogP contribution >= 0.6 is 0 Å². The maximum absolute atomic E-state index is 12.9. The predicted molar refractivity (Wildman–Crippen MR) is 85.2 cm³/mol. The molecule has 0 aliphatic heterocycles. The summed E-state index contributed by atoms with van der Waals surface area (Å²) in [6, 6.07) is 10.6. The fourth-order valence-electron chi connectivity index (χ4n) is 2.11. The van der Waals surface area contributed by atoms with Gasteiger partial charge in [-0.15, -0.1) is 0 Å². The summed E-state index contributed by atoms with van der Waals surface area (Å²) in [7, 11) is -2.00. The molecular formula is C15H19N3O2S. The predicted octanol–water partition coefficient (Wildman–Crippen LogP) is 2.65. The Kier molecular flexibility index (Phi) is 4.47. The zero-order chi connectivity index (χ0) is 15.5. The number of aromatic nitrogens is 1. The monoisotopic (exact) mass is 305 g/mol. The summed E-state index contributed by atoms with van der Waals surface area (Å²) in [5, 5.41) is 2.82. The molecule has 0 atom stereocenters.